The standard InChI is InChI=1S/C18H15N5O3/c24-18(22-21-17-11-10-16(12-19-17)23(25)26)20-15-8-6-14(7-9-15)13-4-2-1-3-5-13/h1-12H,(H,19,21)(H2,20,22,24). The van der Waals surface area contributed by atoms with Gasteiger partial charge in [0.05, 0.1) is 4.92 Å². The van der Waals surface area contributed by atoms with Crippen LogP contribution in [0.5, 0.6) is 0 Å². The van der Waals surface area contributed by atoms with Crippen molar-refractivity contribution in [1.82, 2.24) is 10.4 Å². The van der Waals surface area contributed by atoms with Crippen molar-refractivity contribution in [3.05, 3.63) is 83.0 Å². The monoisotopic (exact) mass is 349 g/mol. The van der Waals surface area contributed by atoms with Gasteiger partial charge in [-0.05, 0) is 29.3 Å². The van der Waals surface area contributed by atoms with Crippen LogP contribution in [0.15, 0.2) is 72.9 Å². The number of benzene rings is 2. The number of hydrogen-bond acceptors (Lipinski definition) is 5. The molecule has 2 aromatic carbocycles. The zero-order valence-electron chi connectivity index (χ0n) is 13.5. The Balaban J connectivity index is 1.54. The minimum atomic E-state index is -0.546. The van der Waals surface area contributed by atoms with Gasteiger partial charge in [-0.3, -0.25) is 21.0 Å². The number of aromatic nitrogens is 1. The Labute approximate surface area is 149 Å². The predicted molar refractivity (Wildman–Crippen MR) is 98.5 cm³/mol. The van der Waals surface area contributed by atoms with E-state index in [9.17, 15) is 14.9 Å². The van der Waals surface area contributed by atoms with Gasteiger partial charge in [-0.1, -0.05) is 42.5 Å². The van der Waals surface area contributed by atoms with Gasteiger partial charge in [0.2, 0.25) is 0 Å². The van der Waals surface area contributed by atoms with Crippen molar-refractivity contribution in [3.63, 3.8) is 0 Å². The molecule has 26 heavy (non-hydrogen) atoms. The maximum absolute atomic E-state index is 11.9. The van der Waals surface area contributed by atoms with E-state index in [2.05, 4.69) is 21.2 Å². The fourth-order valence-electron chi connectivity index (χ4n) is 2.23. The maximum atomic E-state index is 11.9. The van der Waals surface area contributed by atoms with Crippen molar-refractivity contribution >= 4 is 23.2 Å². The molecule has 0 saturated carbocycles. The highest BCUT2D eigenvalue weighted by Crippen LogP contribution is 2.20. The SMILES string of the molecule is O=C(NNc1ccc([N+](=O)[O-])cn1)Nc1ccc(-c2ccccc2)cc1. The van der Waals surface area contributed by atoms with Crippen LogP contribution in [0, 0.1) is 10.1 Å². The quantitative estimate of drug-likeness (QED) is 0.479. The molecule has 130 valence electrons. The second kappa shape index (κ2) is 7.75. The topological polar surface area (TPSA) is 109 Å². The third-order valence-corrected chi connectivity index (χ3v) is 3.51. The summed E-state index contributed by atoms with van der Waals surface area (Å²) in [5, 5.41) is 13.2. The van der Waals surface area contributed by atoms with Gasteiger partial charge in [-0.25, -0.2) is 9.78 Å². The molecule has 3 aromatic rings. The number of nitrogens with one attached hydrogen (secondary N) is 3. The summed E-state index contributed by atoms with van der Waals surface area (Å²) in [5.41, 5.74) is 7.62. The molecule has 8 nitrogen and oxygen atoms in total. The minimum Gasteiger partial charge on any atom is -0.307 e. The number of hydrazine groups is 1. The molecule has 8 heteroatoms. The largest absolute Gasteiger partial charge is 0.337 e. The molecular weight excluding hydrogens is 334 g/mol. The molecule has 0 unspecified atom stereocenters. The van der Waals surface area contributed by atoms with Crippen molar-refractivity contribution in [3.8, 4) is 11.1 Å². The number of amides is 2. The number of nitrogens with zero attached hydrogens (tertiary/aromatic N) is 2. The number of pyridine rings is 1. The van der Waals surface area contributed by atoms with Crippen molar-refractivity contribution in [1.29, 1.82) is 0 Å². The lowest BCUT2D eigenvalue weighted by Gasteiger charge is -2.10. The Morgan fingerprint density at radius 2 is 1.62 bits per heavy atom. The number of carbonyl (C=O) groups excluding carboxylic acids is 1. The Bertz CT molecular complexity index is 896. The molecular formula is C18H15N5O3. The average molecular weight is 349 g/mol. The zero-order valence-corrected chi connectivity index (χ0v) is 13.5. The number of urea groups is 1. The smallest absolute Gasteiger partial charge is 0.307 e. The third kappa shape index (κ3) is 4.32. The van der Waals surface area contributed by atoms with Crippen LogP contribution < -0.4 is 16.2 Å². The Morgan fingerprint density at radius 3 is 2.23 bits per heavy atom. The number of rotatable bonds is 5. The third-order valence-electron chi connectivity index (χ3n) is 3.51. The molecule has 0 bridgehead atoms. The van der Waals surface area contributed by atoms with Crippen molar-refractivity contribution in [2.45, 2.75) is 0 Å². The van der Waals surface area contributed by atoms with E-state index >= 15 is 0 Å². The number of anilines is 2. The first-order valence-electron chi connectivity index (χ1n) is 7.71. The van der Waals surface area contributed by atoms with E-state index in [1.54, 1.807) is 12.1 Å². The summed E-state index contributed by atoms with van der Waals surface area (Å²) in [4.78, 5) is 25.7. The molecule has 0 aliphatic carbocycles. The average Bonchev–Trinajstić information content (AvgIpc) is 2.68. The normalized spacial score (nSPS) is 10.0. The summed E-state index contributed by atoms with van der Waals surface area (Å²) in [7, 11) is 0. The fourth-order valence-corrected chi connectivity index (χ4v) is 2.23. The van der Waals surface area contributed by atoms with Crippen molar-refractivity contribution in [2.75, 3.05) is 10.7 Å². The van der Waals surface area contributed by atoms with Crippen molar-refractivity contribution < 1.29 is 9.72 Å². The van der Waals surface area contributed by atoms with E-state index in [1.807, 2.05) is 42.5 Å². The summed E-state index contributed by atoms with van der Waals surface area (Å²) in [5.74, 6) is 0.283. The van der Waals surface area contributed by atoms with Gasteiger partial charge in [0.25, 0.3) is 5.69 Å². The summed E-state index contributed by atoms with van der Waals surface area (Å²) < 4.78 is 0. The van der Waals surface area contributed by atoms with Crippen LogP contribution in [0.1, 0.15) is 0 Å². The number of nitro groups is 1. The molecule has 3 N–H and O–H groups in total. The van der Waals surface area contributed by atoms with E-state index in [-0.39, 0.29) is 11.5 Å². The molecule has 3 rings (SSSR count). The van der Waals surface area contributed by atoms with Gasteiger partial charge < -0.3 is 5.32 Å². The van der Waals surface area contributed by atoms with E-state index in [4.69, 9.17) is 0 Å². The predicted octanol–water partition coefficient (Wildman–Crippen LogP) is 3.81. The highest BCUT2D eigenvalue weighted by atomic mass is 16.6. The lowest BCUT2D eigenvalue weighted by Crippen LogP contribution is -2.33. The second-order valence-corrected chi connectivity index (χ2v) is 5.31. The summed E-state index contributed by atoms with van der Waals surface area (Å²) >= 11 is 0. The Hall–Kier alpha value is -3.94. The first-order valence-corrected chi connectivity index (χ1v) is 7.71. The molecule has 0 saturated heterocycles. The Morgan fingerprint density at radius 1 is 0.923 bits per heavy atom. The number of carbonyl (C=O) groups is 1. The molecule has 1 heterocycles. The van der Waals surface area contributed by atoms with Gasteiger partial charge in [0, 0.05) is 11.8 Å². The first-order chi connectivity index (χ1) is 12.6. The fraction of sp³-hybridized carbons (Fsp3) is 0. The van der Waals surface area contributed by atoms with E-state index in [0.717, 1.165) is 17.3 Å². The van der Waals surface area contributed by atoms with Crippen LogP contribution >= 0.6 is 0 Å². The molecule has 0 radical (unpaired) electrons. The maximum Gasteiger partial charge on any atom is 0.337 e. The van der Waals surface area contributed by atoms with Crippen LogP contribution in [0.4, 0.5) is 22.0 Å². The van der Waals surface area contributed by atoms with Gasteiger partial charge in [-0.2, -0.15) is 0 Å². The first kappa shape index (κ1) is 16.9. The van der Waals surface area contributed by atoms with Crippen molar-refractivity contribution in [2.24, 2.45) is 0 Å². The Kier molecular flexibility index (Phi) is 5.04. The van der Waals surface area contributed by atoms with Gasteiger partial charge >= 0.3 is 6.03 Å². The molecule has 2 amide bonds. The van der Waals surface area contributed by atoms with Crippen LogP contribution in [-0.4, -0.2) is 15.9 Å². The van der Waals surface area contributed by atoms with Gasteiger partial charge in [0.15, 0.2) is 0 Å². The van der Waals surface area contributed by atoms with Gasteiger partial charge in [0.1, 0.15) is 12.0 Å². The summed E-state index contributed by atoms with van der Waals surface area (Å²) in [6.07, 6.45) is 1.10. The van der Waals surface area contributed by atoms with E-state index in [1.165, 1.54) is 12.1 Å². The van der Waals surface area contributed by atoms with Gasteiger partial charge in [-0.15, -0.1) is 0 Å². The minimum absolute atomic E-state index is 0.126. The summed E-state index contributed by atoms with van der Waals surface area (Å²) in [6.45, 7) is 0. The highest BCUT2D eigenvalue weighted by Gasteiger charge is 2.06. The molecule has 0 aliphatic heterocycles. The van der Waals surface area contributed by atoms with Crippen LogP contribution in [0.25, 0.3) is 11.1 Å². The lowest BCUT2D eigenvalue weighted by atomic mass is 10.1. The lowest BCUT2D eigenvalue weighted by molar-refractivity contribution is -0.385. The van der Waals surface area contributed by atoms with Crippen LogP contribution in [0.2, 0.25) is 0 Å². The molecule has 1 aromatic heterocycles. The number of hydrogen-bond donors (Lipinski definition) is 3. The molecule has 0 aliphatic rings. The van der Waals surface area contributed by atoms with E-state index in [0.29, 0.717) is 5.69 Å². The zero-order chi connectivity index (χ0) is 18.4. The second-order valence-electron chi connectivity index (χ2n) is 5.31. The van der Waals surface area contributed by atoms with Crippen LogP contribution in [0.3, 0.4) is 0 Å². The van der Waals surface area contributed by atoms with Crippen LogP contribution in [-0.2, 0) is 0 Å². The molecule has 0 atom stereocenters. The highest BCUT2D eigenvalue weighted by molar-refractivity contribution is 5.90. The van der Waals surface area contributed by atoms with E-state index < -0.39 is 11.0 Å². The molecule has 0 fully saturated rings. The summed E-state index contributed by atoms with van der Waals surface area (Å²) in [6, 6.07) is 19.5. The molecule has 0 spiro atoms.